The van der Waals surface area contributed by atoms with Gasteiger partial charge < -0.3 is 10.1 Å². The third kappa shape index (κ3) is 2.53. The van der Waals surface area contributed by atoms with Crippen LogP contribution in [-0.2, 0) is 15.1 Å². The largest absolute Gasteiger partial charge is 0.469 e. The molecule has 0 amide bonds. The number of hydrogen-bond donors (Lipinski definition) is 1. The van der Waals surface area contributed by atoms with Crippen molar-refractivity contribution in [1.29, 1.82) is 0 Å². The third-order valence-electron chi connectivity index (χ3n) is 3.97. The van der Waals surface area contributed by atoms with Crippen LogP contribution in [0.3, 0.4) is 0 Å². The number of carbonyl (C=O) groups is 1. The van der Waals surface area contributed by atoms with Gasteiger partial charge in [-0.15, -0.1) is 17.8 Å². The molecule has 3 nitrogen and oxygen atoms in total. The average molecular weight is 376 g/mol. The van der Waals surface area contributed by atoms with Crippen LogP contribution < -0.4 is 5.32 Å². The molecule has 1 aliphatic carbocycles. The van der Waals surface area contributed by atoms with Crippen LogP contribution >= 0.6 is 27.3 Å². The number of hydrogen-bond acceptors (Lipinski definition) is 4. The van der Waals surface area contributed by atoms with E-state index in [2.05, 4.69) is 32.5 Å². The van der Waals surface area contributed by atoms with Crippen LogP contribution in [-0.4, -0.2) is 13.1 Å². The van der Waals surface area contributed by atoms with E-state index in [-0.39, 0.29) is 11.9 Å². The molecule has 5 heteroatoms. The molecule has 0 aliphatic heterocycles. The van der Waals surface area contributed by atoms with Gasteiger partial charge in [-0.25, -0.2) is 0 Å². The molecule has 0 bridgehead atoms. The first-order valence-electron chi connectivity index (χ1n) is 6.77. The Kier molecular flexibility index (Phi) is 3.98. The van der Waals surface area contributed by atoms with Crippen LogP contribution in [0, 0.1) is 18.3 Å². The van der Waals surface area contributed by atoms with E-state index in [9.17, 15) is 4.79 Å². The molecule has 1 saturated carbocycles. The van der Waals surface area contributed by atoms with Crippen molar-refractivity contribution in [3.8, 4) is 12.3 Å². The summed E-state index contributed by atoms with van der Waals surface area (Å²) < 4.78 is 5.96. The minimum absolute atomic E-state index is 0.201. The number of carbonyl (C=O) groups excluding carboxylic acids is 1. The van der Waals surface area contributed by atoms with E-state index in [0.717, 1.165) is 20.6 Å². The second kappa shape index (κ2) is 5.79. The van der Waals surface area contributed by atoms with E-state index in [1.807, 2.05) is 30.3 Å². The maximum atomic E-state index is 12.0. The number of halogens is 1. The minimum Gasteiger partial charge on any atom is -0.469 e. The maximum absolute atomic E-state index is 12.0. The van der Waals surface area contributed by atoms with Crippen LogP contribution in [0.25, 0.3) is 0 Å². The third-order valence-corrected chi connectivity index (χ3v) is 5.47. The number of esters is 1. The Morgan fingerprint density at radius 2 is 2.32 bits per heavy atom. The highest BCUT2D eigenvalue weighted by Gasteiger charge is 2.61. The van der Waals surface area contributed by atoms with E-state index in [4.69, 9.17) is 11.2 Å². The summed E-state index contributed by atoms with van der Waals surface area (Å²) in [6, 6.07) is 9.69. The Morgan fingerprint density at radius 1 is 1.55 bits per heavy atom. The molecular weight excluding hydrogens is 362 g/mol. The topological polar surface area (TPSA) is 38.3 Å². The number of nitrogens with one attached hydrogen (secondary N) is 1. The Morgan fingerprint density at radius 3 is 2.95 bits per heavy atom. The summed E-state index contributed by atoms with van der Waals surface area (Å²) in [5.74, 6) is 2.27. The average Bonchev–Trinajstić information content (AvgIpc) is 3.10. The van der Waals surface area contributed by atoms with Gasteiger partial charge in [0, 0.05) is 5.56 Å². The molecule has 1 heterocycles. The van der Waals surface area contributed by atoms with Crippen molar-refractivity contribution < 1.29 is 9.53 Å². The lowest BCUT2D eigenvalue weighted by molar-refractivity contribution is -0.142. The zero-order valence-corrected chi connectivity index (χ0v) is 14.3. The Balaban J connectivity index is 1.98. The molecule has 0 radical (unpaired) electrons. The molecule has 2 aromatic rings. The molecule has 1 aromatic carbocycles. The summed E-state index contributed by atoms with van der Waals surface area (Å²) in [4.78, 5) is 12.0. The number of terminal acetylenes is 1. The Bertz CT molecular complexity index is 764. The lowest BCUT2D eigenvalue weighted by atomic mass is 10.0. The van der Waals surface area contributed by atoms with Crippen molar-refractivity contribution in [2.75, 3.05) is 12.4 Å². The highest BCUT2D eigenvalue weighted by molar-refractivity contribution is 9.11. The highest BCUT2D eigenvalue weighted by Crippen LogP contribution is 2.56. The van der Waals surface area contributed by atoms with Gasteiger partial charge in [0.15, 0.2) is 0 Å². The number of methoxy groups -OCH3 is 1. The molecule has 3 rings (SSSR count). The zero-order valence-electron chi connectivity index (χ0n) is 11.9. The quantitative estimate of drug-likeness (QED) is 0.648. The first-order chi connectivity index (χ1) is 10.6. The van der Waals surface area contributed by atoms with Gasteiger partial charge in [0.25, 0.3) is 0 Å². The number of para-hydroxylation sites is 1. The zero-order chi connectivity index (χ0) is 15.7. The van der Waals surface area contributed by atoms with Crippen molar-refractivity contribution in [1.82, 2.24) is 0 Å². The van der Waals surface area contributed by atoms with Crippen LogP contribution in [0.4, 0.5) is 5.69 Å². The van der Waals surface area contributed by atoms with Gasteiger partial charge in [-0.3, -0.25) is 4.79 Å². The molecule has 1 N–H and O–H groups in total. The van der Waals surface area contributed by atoms with Gasteiger partial charge in [0.1, 0.15) is 0 Å². The summed E-state index contributed by atoms with van der Waals surface area (Å²) >= 11 is 5.08. The van der Waals surface area contributed by atoms with Crippen LogP contribution in [0.15, 0.2) is 39.5 Å². The predicted molar refractivity (Wildman–Crippen MR) is 91.8 cm³/mol. The lowest BCUT2D eigenvalue weighted by Gasteiger charge is -2.20. The number of ether oxygens (including phenoxy) is 1. The van der Waals surface area contributed by atoms with Gasteiger partial charge >= 0.3 is 5.97 Å². The van der Waals surface area contributed by atoms with Crippen LogP contribution in [0.1, 0.15) is 17.5 Å². The molecule has 1 aromatic heterocycles. The number of benzene rings is 1. The van der Waals surface area contributed by atoms with Crippen molar-refractivity contribution in [3.05, 3.63) is 50.6 Å². The van der Waals surface area contributed by atoms with Gasteiger partial charge in [0.2, 0.25) is 0 Å². The lowest BCUT2D eigenvalue weighted by Crippen LogP contribution is -2.25. The normalized spacial score (nSPS) is 22.7. The van der Waals surface area contributed by atoms with Gasteiger partial charge in [-0.2, -0.15) is 0 Å². The fourth-order valence-corrected chi connectivity index (χ4v) is 3.96. The molecular formula is C17H14BrNO2S. The molecule has 22 heavy (non-hydrogen) atoms. The van der Waals surface area contributed by atoms with E-state index in [0.29, 0.717) is 6.42 Å². The standard InChI is InChI=1S/C17H14BrNO2S/c1-3-11-6-4-5-7-14(11)19-17(9-13(17)16(20)21-2)12-8-15(18)22-10-12/h1,4-8,10,13,19H,9H2,2H3. The molecule has 2 atom stereocenters. The van der Waals surface area contributed by atoms with E-state index in [1.165, 1.54) is 7.11 Å². The van der Waals surface area contributed by atoms with E-state index >= 15 is 0 Å². The Hall–Kier alpha value is -1.77. The summed E-state index contributed by atoms with van der Waals surface area (Å²) in [7, 11) is 1.42. The smallest absolute Gasteiger partial charge is 0.311 e. The molecule has 1 fully saturated rings. The van der Waals surface area contributed by atoms with Crippen LogP contribution in [0.2, 0.25) is 0 Å². The molecule has 1 aliphatic rings. The highest BCUT2D eigenvalue weighted by atomic mass is 79.9. The number of thiophene rings is 1. The molecule has 112 valence electrons. The maximum Gasteiger partial charge on any atom is 0.311 e. The number of anilines is 1. The van der Waals surface area contributed by atoms with Gasteiger partial charge in [-0.1, -0.05) is 18.1 Å². The van der Waals surface area contributed by atoms with Crippen molar-refractivity contribution >= 4 is 38.9 Å². The summed E-state index contributed by atoms with van der Waals surface area (Å²) in [5, 5.41) is 5.54. The van der Waals surface area contributed by atoms with E-state index in [1.54, 1.807) is 11.3 Å². The monoisotopic (exact) mass is 375 g/mol. The first-order valence-corrected chi connectivity index (χ1v) is 8.44. The van der Waals surface area contributed by atoms with Crippen molar-refractivity contribution in [2.24, 2.45) is 5.92 Å². The summed E-state index contributed by atoms with van der Waals surface area (Å²) in [6.07, 6.45) is 6.26. The second-order valence-electron chi connectivity index (χ2n) is 5.21. The first kappa shape index (κ1) is 15.1. The predicted octanol–water partition coefficient (Wildman–Crippen LogP) is 3.99. The summed E-state index contributed by atoms with van der Waals surface area (Å²) in [5.41, 5.74) is 2.28. The van der Waals surface area contributed by atoms with Crippen LogP contribution in [0.5, 0.6) is 0 Å². The van der Waals surface area contributed by atoms with Gasteiger partial charge in [-0.05, 0) is 51.5 Å². The minimum atomic E-state index is -0.442. The van der Waals surface area contributed by atoms with Crippen molar-refractivity contribution in [3.63, 3.8) is 0 Å². The molecule has 2 unspecified atom stereocenters. The molecule has 0 saturated heterocycles. The van der Waals surface area contributed by atoms with Gasteiger partial charge in [0.05, 0.1) is 28.0 Å². The summed E-state index contributed by atoms with van der Waals surface area (Å²) in [6.45, 7) is 0. The fourth-order valence-electron chi connectivity index (χ4n) is 2.72. The fraction of sp³-hybridized carbons (Fsp3) is 0.235. The number of rotatable bonds is 4. The van der Waals surface area contributed by atoms with E-state index < -0.39 is 5.54 Å². The second-order valence-corrected chi connectivity index (χ2v) is 7.50. The SMILES string of the molecule is C#Cc1ccccc1NC1(c2csc(Br)c2)CC1C(=O)OC. The molecule has 0 spiro atoms. The van der Waals surface area contributed by atoms with Crippen molar-refractivity contribution in [2.45, 2.75) is 12.0 Å². The Labute approximate surface area is 141 Å².